The van der Waals surface area contributed by atoms with Gasteiger partial charge in [-0.1, -0.05) is 13.8 Å². The lowest BCUT2D eigenvalue weighted by molar-refractivity contribution is -0.177. The van der Waals surface area contributed by atoms with Crippen LogP contribution in [0.3, 0.4) is 0 Å². The average molecular weight is 280 g/mol. The number of carbonyl (C=O) groups excluding carboxylic acids is 2. The first kappa shape index (κ1) is 15.8. The zero-order valence-electron chi connectivity index (χ0n) is 11.5. The van der Waals surface area contributed by atoms with Crippen LogP contribution in [0, 0.1) is 5.92 Å². The minimum absolute atomic E-state index is 0.0143. The molecule has 0 aliphatic carbocycles. The van der Waals surface area contributed by atoms with Crippen LogP contribution in [0.25, 0.3) is 0 Å². The summed E-state index contributed by atoms with van der Waals surface area (Å²) in [6.45, 7) is 5.01. The van der Waals surface area contributed by atoms with E-state index >= 15 is 0 Å². The Morgan fingerprint density at radius 3 is 2.26 bits per heavy atom. The first-order valence-electron chi connectivity index (χ1n) is 6.14. The summed E-state index contributed by atoms with van der Waals surface area (Å²) in [4.78, 5) is 24.6. The molecule has 1 N–H and O–H groups in total. The number of alkyl halides is 3. The highest BCUT2D eigenvalue weighted by atomic mass is 19.4. The molecule has 0 aromatic heterocycles. The van der Waals surface area contributed by atoms with E-state index in [0.29, 0.717) is 4.90 Å². The van der Waals surface area contributed by atoms with E-state index in [1.807, 2.05) is 0 Å². The van der Waals surface area contributed by atoms with Gasteiger partial charge in [-0.3, -0.25) is 9.59 Å². The van der Waals surface area contributed by atoms with Gasteiger partial charge >= 0.3 is 6.18 Å². The zero-order valence-corrected chi connectivity index (χ0v) is 11.5. The Hall–Kier alpha value is -1.27. The second-order valence-electron chi connectivity index (χ2n) is 5.81. The van der Waals surface area contributed by atoms with E-state index in [2.05, 4.69) is 5.32 Å². The summed E-state index contributed by atoms with van der Waals surface area (Å²) in [5, 5.41) is 2.48. The predicted octanol–water partition coefficient (Wildman–Crippen LogP) is 1.70. The first-order valence-corrected chi connectivity index (χ1v) is 6.14. The highest BCUT2D eigenvalue weighted by molar-refractivity contribution is 5.99. The number of nitrogens with one attached hydrogen (secondary N) is 1. The molecule has 1 atom stereocenters. The third kappa shape index (κ3) is 3.84. The third-order valence-electron chi connectivity index (χ3n) is 2.95. The molecule has 0 aromatic carbocycles. The lowest BCUT2D eigenvalue weighted by Crippen LogP contribution is -2.69. The molecule has 0 radical (unpaired) electrons. The van der Waals surface area contributed by atoms with Crippen LogP contribution in [0.2, 0.25) is 0 Å². The van der Waals surface area contributed by atoms with Crippen molar-refractivity contribution in [1.82, 2.24) is 10.2 Å². The van der Waals surface area contributed by atoms with Crippen molar-refractivity contribution >= 4 is 11.8 Å². The summed E-state index contributed by atoms with van der Waals surface area (Å²) in [7, 11) is 0. The average Bonchev–Trinajstić information content (AvgIpc) is 2.17. The SMILES string of the molecule is CC(C)CC1C(=O)NC(C)(C)C(=O)N1CC(F)(F)F. The first-order chi connectivity index (χ1) is 8.44. The number of nitrogens with zero attached hydrogens (tertiary/aromatic N) is 1. The number of amides is 2. The zero-order chi connectivity index (χ0) is 15.0. The summed E-state index contributed by atoms with van der Waals surface area (Å²) in [5.41, 5.74) is -1.30. The molecule has 1 saturated heterocycles. The number of piperazine rings is 1. The molecule has 0 saturated carbocycles. The summed E-state index contributed by atoms with van der Waals surface area (Å²) in [6.07, 6.45) is -4.30. The van der Waals surface area contributed by atoms with Crippen LogP contribution >= 0.6 is 0 Å². The highest BCUT2D eigenvalue weighted by Gasteiger charge is 2.48. The molecule has 110 valence electrons. The van der Waals surface area contributed by atoms with Crippen LogP contribution in [-0.2, 0) is 9.59 Å². The lowest BCUT2D eigenvalue weighted by Gasteiger charge is -2.43. The largest absolute Gasteiger partial charge is 0.406 e. The van der Waals surface area contributed by atoms with Crippen molar-refractivity contribution in [2.75, 3.05) is 6.54 Å². The maximum atomic E-state index is 12.6. The lowest BCUT2D eigenvalue weighted by atomic mass is 9.92. The van der Waals surface area contributed by atoms with Crippen molar-refractivity contribution in [3.05, 3.63) is 0 Å². The van der Waals surface area contributed by atoms with Gasteiger partial charge in [-0.05, 0) is 26.2 Å². The molecule has 0 spiro atoms. The van der Waals surface area contributed by atoms with Crippen molar-refractivity contribution in [2.24, 2.45) is 5.92 Å². The van der Waals surface area contributed by atoms with Gasteiger partial charge in [0.25, 0.3) is 0 Å². The number of hydrogen-bond acceptors (Lipinski definition) is 2. The van der Waals surface area contributed by atoms with E-state index in [4.69, 9.17) is 0 Å². The Balaban J connectivity index is 3.05. The van der Waals surface area contributed by atoms with Gasteiger partial charge in [-0.2, -0.15) is 13.2 Å². The summed E-state index contributed by atoms with van der Waals surface area (Å²) < 4.78 is 37.7. The van der Waals surface area contributed by atoms with E-state index in [-0.39, 0.29) is 12.3 Å². The van der Waals surface area contributed by atoms with E-state index in [0.717, 1.165) is 0 Å². The predicted molar refractivity (Wildman–Crippen MR) is 63.2 cm³/mol. The molecule has 1 fully saturated rings. The molecule has 2 amide bonds. The van der Waals surface area contributed by atoms with Crippen molar-refractivity contribution in [3.63, 3.8) is 0 Å². The van der Waals surface area contributed by atoms with E-state index in [9.17, 15) is 22.8 Å². The molecule has 1 aliphatic heterocycles. The minimum Gasteiger partial charge on any atom is -0.340 e. The maximum Gasteiger partial charge on any atom is 0.406 e. The highest BCUT2D eigenvalue weighted by Crippen LogP contribution is 2.26. The van der Waals surface area contributed by atoms with Gasteiger partial charge in [0.2, 0.25) is 11.8 Å². The van der Waals surface area contributed by atoms with Crippen molar-refractivity contribution in [3.8, 4) is 0 Å². The standard InChI is InChI=1S/C12H19F3N2O2/c1-7(2)5-8-9(18)16-11(3,4)10(19)17(8)6-12(13,14)15/h7-8H,5-6H2,1-4H3,(H,16,18). The van der Waals surface area contributed by atoms with Crippen LogP contribution < -0.4 is 5.32 Å². The molecule has 1 aliphatic rings. The van der Waals surface area contributed by atoms with Crippen molar-refractivity contribution in [2.45, 2.75) is 51.9 Å². The molecule has 1 rings (SSSR count). The Morgan fingerprint density at radius 1 is 1.32 bits per heavy atom. The van der Waals surface area contributed by atoms with Gasteiger partial charge in [0.1, 0.15) is 18.1 Å². The molecule has 4 nitrogen and oxygen atoms in total. The molecule has 0 bridgehead atoms. The molecule has 7 heteroatoms. The number of hydrogen-bond donors (Lipinski definition) is 1. The summed E-state index contributed by atoms with van der Waals surface area (Å²) in [6, 6.07) is -1.05. The fourth-order valence-corrected chi connectivity index (χ4v) is 2.14. The van der Waals surface area contributed by atoms with Gasteiger partial charge in [-0.15, -0.1) is 0 Å². The van der Waals surface area contributed by atoms with Crippen LogP contribution in [0.15, 0.2) is 0 Å². The monoisotopic (exact) mass is 280 g/mol. The van der Waals surface area contributed by atoms with Gasteiger partial charge in [0.15, 0.2) is 0 Å². The fraction of sp³-hybridized carbons (Fsp3) is 0.833. The molecular formula is C12H19F3N2O2. The van der Waals surface area contributed by atoms with Crippen LogP contribution in [0.5, 0.6) is 0 Å². The van der Waals surface area contributed by atoms with E-state index in [1.54, 1.807) is 13.8 Å². The second kappa shape index (κ2) is 5.02. The minimum atomic E-state index is -4.52. The molecular weight excluding hydrogens is 261 g/mol. The summed E-state index contributed by atoms with van der Waals surface area (Å²) in [5.74, 6) is -1.21. The van der Waals surface area contributed by atoms with Crippen molar-refractivity contribution in [1.29, 1.82) is 0 Å². The van der Waals surface area contributed by atoms with Gasteiger partial charge in [-0.25, -0.2) is 0 Å². The quantitative estimate of drug-likeness (QED) is 0.855. The van der Waals surface area contributed by atoms with E-state index in [1.165, 1.54) is 13.8 Å². The van der Waals surface area contributed by atoms with Crippen LogP contribution in [0.4, 0.5) is 13.2 Å². The smallest absolute Gasteiger partial charge is 0.340 e. The number of carbonyl (C=O) groups is 2. The number of rotatable bonds is 3. The molecule has 1 unspecified atom stereocenters. The molecule has 19 heavy (non-hydrogen) atoms. The Morgan fingerprint density at radius 2 is 1.84 bits per heavy atom. The van der Waals surface area contributed by atoms with Gasteiger partial charge in [0, 0.05) is 0 Å². The normalized spacial score (nSPS) is 23.8. The van der Waals surface area contributed by atoms with Crippen LogP contribution in [0.1, 0.15) is 34.1 Å². The molecule has 1 heterocycles. The molecule has 0 aromatic rings. The van der Waals surface area contributed by atoms with Crippen LogP contribution in [-0.4, -0.2) is 41.0 Å². The fourth-order valence-electron chi connectivity index (χ4n) is 2.14. The van der Waals surface area contributed by atoms with Gasteiger partial charge in [0.05, 0.1) is 0 Å². The van der Waals surface area contributed by atoms with Crippen molar-refractivity contribution < 1.29 is 22.8 Å². The maximum absolute atomic E-state index is 12.6. The summed E-state index contributed by atoms with van der Waals surface area (Å²) >= 11 is 0. The Bertz CT molecular complexity index is 378. The van der Waals surface area contributed by atoms with E-state index < -0.39 is 36.1 Å². The Kier molecular flexibility index (Phi) is 4.17. The Labute approximate surface area is 110 Å². The third-order valence-corrected chi connectivity index (χ3v) is 2.95. The van der Waals surface area contributed by atoms with Gasteiger partial charge < -0.3 is 10.2 Å². The topological polar surface area (TPSA) is 49.4 Å². The second-order valence-corrected chi connectivity index (χ2v) is 5.81. The number of halogens is 3.